The second kappa shape index (κ2) is 5.38. The fourth-order valence-corrected chi connectivity index (χ4v) is 2.94. The van der Waals surface area contributed by atoms with Crippen molar-refractivity contribution in [1.29, 1.82) is 0 Å². The molecule has 0 bridgehead atoms. The quantitative estimate of drug-likeness (QED) is 0.846. The smallest absolute Gasteiger partial charge is 0.118 e. The summed E-state index contributed by atoms with van der Waals surface area (Å²) in [5.41, 5.74) is 2.24. The first kappa shape index (κ1) is 13.3. The summed E-state index contributed by atoms with van der Waals surface area (Å²) < 4.78 is 12.9. The number of aromatic nitrogens is 3. The molecular weight excluding hydrogens is 256 g/mol. The largest absolute Gasteiger partial charge is 0.465 e. The lowest BCUT2D eigenvalue weighted by molar-refractivity contribution is 0.127. The van der Waals surface area contributed by atoms with E-state index in [2.05, 4.69) is 15.2 Å². The lowest BCUT2D eigenvalue weighted by Gasteiger charge is -2.31. The molecule has 0 N–H and O–H groups in total. The minimum Gasteiger partial charge on any atom is -0.465 e. The number of hydrogen-bond donors (Lipinski definition) is 0. The van der Waals surface area contributed by atoms with E-state index in [1.165, 1.54) is 5.69 Å². The van der Waals surface area contributed by atoms with E-state index in [1.54, 1.807) is 7.11 Å². The van der Waals surface area contributed by atoms with Gasteiger partial charge in [0, 0.05) is 33.2 Å². The lowest BCUT2D eigenvalue weighted by atomic mass is 9.99. The van der Waals surface area contributed by atoms with Crippen molar-refractivity contribution in [3.63, 3.8) is 0 Å². The van der Waals surface area contributed by atoms with Gasteiger partial charge in [-0.05, 0) is 19.1 Å². The van der Waals surface area contributed by atoms with Crippen molar-refractivity contribution in [2.45, 2.75) is 25.9 Å². The highest BCUT2D eigenvalue weighted by atomic mass is 16.5. The molecule has 0 radical (unpaired) electrons. The molecule has 0 aliphatic carbocycles. The Morgan fingerprint density at radius 1 is 1.45 bits per heavy atom. The molecule has 2 aromatic heterocycles. The Morgan fingerprint density at radius 2 is 2.30 bits per heavy atom. The van der Waals surface area contributed by atoms with Crippen molar-refractivity contribution in [3.8, 4) is 0 Å². The van der Waals surface area contributed by atoms with E-state index in [0.717, 1.165) is 36.8 Å². The number of nitrogens with zero attached hydrogens (tertiary/aromatic N) is 4. The zero-order chi connectivity index (χ0) is 14.1. The Labute approximate surface area is 118 Å². The van der Waals surface area contributed by atoms with Gasteiger partial charge in [0.2, 0.25) is 0 Å². The van der Waals surface area contributed by atoms with Crippen molar-refractivity contribution >= 4 is 0 Å². The van der Waals surface area contributed by atoms with Gasteiger partial charge in [0.1, 0.15) is 17.2 Å². The zero-order valence-corrected chi connectivity index (χ0v) is 12.2. The molecule has 1 atom stereocenters. The van der Waals surface area contributed by atoms with E-state index in [9.17, 15) is 0 Å². The van der Waals surface area contributed by atoms with Gasteiger partial charge in [0.15, 0.2) is 0 Å². The average molecular weight is 276 g/mol. The maximum Gasteiger partial charge on any atom is 0.118 e. The predicted molar refractivity (Wildman–Crippen MR) is 73.2 cm³/mol. The molecule has 3 heterocycles. The third-order valence-corrected chi connectivity index (χ3v) is 3.73. The van der Waals surface area contributed by atoms with Crippen molar-refractivity contribution < 1.29 is 9.15 Å². The number of methoxy groups -OCH3 is 1. The number of rotatable bonds is 4. The van der Waals surface area contributed by atoms with E-state index in [4.69, 9.17) is 9.15 Å². The molecular formula is C14H20N4O2. The fraction of sp³-hybridized carbons (Fsp3) is 0.571. The van der Waals surface area contributed by atoms with Crippen molar-refractivity contribution in [2.24, 2.45) is 7.05 Å². The fourth-order valence-electron chi connectivity index (χ4n) is 2.94. The zero-order valence-electron chi connectivity index (χ0n) is 12.2. The molecule has 0 fully saturated rings. The molecule has 6 nitrogen and oxygen atoms in total. The van der Waals surface area contributed by atoms with E-state index in [1.807, 2.05) is 30.8 Å². The molecule has 0 amide bonds. The number of furan rings is 1. The first-order chi connectivity index (χ1) is 9.67. The van der Waals surface area contributed by atoms with Crippen LogP contribution in [0.1, 0.15) is 28.8 Å². The molecule has 0 aromatic carbocycles. The van der Waals surface area contributed by atoms with Gasteiger partial charge in [-0.1, -0.05) is 5.21 Å². The van der Waals surface area contributed by atoms with Gasteiger partial charge in [-0.2, -0.15) is 0 Å². The second-order valence-corrected chi connectivity index (χ2v) is 5.38. The Bertz CT molecular complexity index is 590. The molecule has 0 saturated carbocycles. The van der Waals surface area contributed by atoms with Crippen LogP contribution in [0.2, 0.25) is 0 Å². The van der Waals surface area contributed by atoms with Crippen LogP contribution in [0.15, 0.2) is 16.5 Å². The van der Waals surface area contributed by atoms with Crippen LogP contribution in [0.3, 0.4) is 0 Å². The number of aryl methyl sites for hydroxylation is 2. The van der Waals surface area contributed by atoms with E-state index in [0.29, 0.717) is 12.5 Å². The van der Waals surface area contributed by atoms with Crippen molar-refractivity contribution in [3.05, 3.63) is 35.0 Å². The molecule has 6 heteroatoms. The lowest BCUT2D eigenvalue weighted by Crippen LogP contribution is -2.35. The molecule has 1 aliphatic rings. The molecule has 108 valence electrons. The van der Waals surface area contributed by atoms with Gasteiger partial charge >= 0.3 is 0 Å². The maximum atomic E-state index is 5.66. The van der Waals surface area contributed by atoms with Crippen LogP contribution in [-0.4, -0.2) is 40.2 Å². The van der Waals surface area contributed by atoms with Gasteiger partial charge in [0.05, 0.1) is 18.8 Å². The highest BCUT2D eigenvalue weighted by Gasteiger charge is 2.30. The van der Waals surface area contributed by atoms with E-state index in [-0.39, 0.29) is 0 Å². The topological polar surface area (TPSA) is 56.3 Å². The van der Waals surface area contributed by atoms with E-state index >= 15 is 0 Å². The molecule has 1 aliphatic heterocycles. The Morgan fingerprint density at radius 3 is 3.00 bits per heavy atom. The summed E-state index contributed by atoms with van der Waals surface area (Å²) in [5.74, 6) is 2.25. The van der Waals surface area contributed by atoms with Crippen molar-refractivity contribution in [1.82, 2.24) is 19.9 Å². The Hall–Kier alpha value is -1.66. The molecule has 0 spiro atoms. The van der Waals surface area contributed by atoms with Crippen LogP contribution >= 0.6 is 0 Å². The molecule has 0 saturated heterocycles. The second-order valence-electron chi connectivity index (χ2n) is 5.38. The summed E-state index contributed by atoms with van der Waals surface area (Å²) in [7, 11) is 3.68. The summed E-state index contributed by atoms with van der Waals surface area (Å²) in [6.45, 7) is 5.19. The number of fused-ring (bicyclic) bond motifs is 1. The first-order valence-electron chi connectivity index (χ1n) is 6.82. The first-order valence-corrected chi connectivity index (χ1v) is 6.82. The van der Waals surface area contributed by atoms with Crippen molar-refractivity contribution in [2.75, 3.05) is 20.3 Å². The number of hydrogen-bond acceptors (Lipinski definition) is 5. The van der Waals surface area contributed by atoms with Gasteiger partial charge < -0.3 is 9.15 Å². The molecule has 3 rings (SSSR count). The highest BCUT2D eigenvalue weighted by molar-refractivity contribution is 5.20. The molecule has 2 aromatic rings. The Balaban J connectivity index is 1.79. The maximum absolute atomic E-state index is 5.66. The normalized spacial score (nSPS) is 19.2. The summed E-state index contributed by atoms with van der Waals surface area (Å²) in [4.78, 5) is 2.33. The van der Waals surface area contributed by atoms with Crippen LogP contribution in [0, 0.1) is 6.92 Å². The number of ether oxygens (including phenoxy) is 1. The minimum absolute atomic E-state index is 0.305. The molecule has 0 unspecified atom stereocenters. The van der Waals surface area contributed by atoms with Gasteiger partial charge in [-0.15, -0.1) is 5.10 Å². The van der Waals surface area contributed by atoms with Crippen LogP contribution in [0.25, 0.3) is 0 Å². The Kier molecular flexibility index (Phi) is 3.58. The highest BCUT2D eigenvalue weighted by Crippen LogP contribution is 2.27. The third-order valence-electron chi connectivity index (χ3n) is 3.73. The minimum atomic E-state index is 0.305. The monoisotopic (exact) mass is 276 g/mol. The van der Waals surface area contributed by atoms with E-state index < -0.39 is 0 Å². The van der Waals surface area contributed by atoms with Gasteiger partial charge in [-0.3, -0.25) is 9.58 Å². The van der Waals surface area contributed by atoms with Crippen LogP contribution in [0.4, 0.5) is 0 Å². The third kappa shape index (κ3) is 2.48. The summed E-state index contributed by atoms with van der Waals surface area (Å²) in [6, 6.07) is 4.03. The van der Waals surface area contributed by atoms with Crippen LogP contribution in [-0.2, 0) is 24.9 Å². The summed E-state index contributed by atoms with van der Waals surface area (Å²) in [6.07, 6.45) is 0. The van der Waals surface area contributed by atoms with Gasteiger partial charge in [0.25, 0.3) is 0 Å². The summed E-state index contributed by atoms with van der Waals surface area (Å²) >= 11 is 0. The SMILES string of the molecule is COC[C@H]1CN(Cc2ccc(C)o2)Cc2nnn(C)c21. The van der Waals surface area contributed by atoms with Crippen LogP contribution in [0.5, 0.6) is 0 Å². The predicted octanol–water partition coefficient (Wildman–Crippen LogP) is 1.46. The summed E-state index contributed by atoms with van der Waals surface area (Å²) in [5, 5.41) is 8.41. The average Bonchev–Trinajstić information content (AvgIpc) is 2.97. The van der Waals surface area contributed by atoms with Gasteiger partial charge in [-0.25, -0.2) is 0 Å². The molecule has 20 heavy (non-hydrogen) atoms. The van der Waals surface area contributed by atoms with Crippen LogP contribution < -0.4 is 0 Å². The standard InChI is InChI=1S/C14H20N4O2/c1-10-4-5-12(20-10)7-18-6-11(9-19-3)14-13(8-18)15-16-17(14)2/h4-5,11H,6-9H2,1-3H3/t11-/m1/s1.